The summed E-state index contributed by atoms with van der Waals surface area (Å²) in [5.74, 6) is 0. The largest absolute Gasteiger partial charge is 3.00 e. The molecule has 0 radical (unpaired) electrons. The van der Waals surface area contributed by atoms with Crippen molar-refractivity contribution in [1.82, 2.24) is 0 Å². The van der Waals surface area contributed by atoms with E-state index in [1.807, 2.05) is 0 Å². The molecule has 0 saturated carbocycles. The molecule has 0 aliphatic rings. The fraction of sp³-hybridized carbons (Fsp3) is 1.00. The molecule has 0 spiro atoms. The van der Waals surface area contributed by atoms with Gasteiger partial charge in [-0.15, -0.1) is 36.6 Å². The van der Waals surface area contributed by atoms with Gasteiger partial charge < -0.3 is 30.6 Å². The van der Waals surface area contributed by atoms with Gasteiger partial charge in [0, 0.05) is 0 Å². The minimum atomic E-state index is -0.417. The van der Waals surface area contributed by atoms with Gasteiger partial charge in [-0.1, -0.05) is 83.1 Å². The van der Waals surface area contributed by atoms with Gasteiger partial charge in [0.25, 0.3) is 0 Å². The van der Waals surface area contributed by atoms with E-state index in [1.165, 1.54) is 0 Å². The molecule has 0 aromatic carbocycles. The molecule has 0 fully saturated rings. The van der Waals surface area contributed by atoms with Crippen LogP contribution in [0.2, 0.25) is 0 Å². The van der Waals surface area contributed by atoms with Crippen LogP contribution in [0.25, 0.3) is 0 Å². The second kappa shape index (κ2) is 45.7. The zero-order chi connectivity index (χ0) is 21.5. The van der Waals surface area contributed by atoms with Gasteiger partial charge in [0.1, 0.15) is 0 Å². The van der Waals surface area contributed by atoms with Crippen LogP contribution in [0.4, 0.5) is 0 Å². The monoisotopic (exact) mass is 632 g/mol. The quantitative estimate of drug-likeness (QED) is 0.320. The van der Waals surface area contributed by atoms with Crippen molar-refractivity contribution in [3.63, 3.8) is 0 Å². The van der Waals surface area contributed by atoms with Crippen LogP contribution in [-0.4, -0.2) is 36.6 Å². The Bertz CT molecular complexity index is 105. The van der Waals surface area contributed by atoms with E-state index in [0.717, 1.165) is 0 Å². The Morgan fingerprint density at radius 1 is 0.269 bits per heavy atom. The molecule has 0 saturated heterocycles. The predicted octanol–water partition coefficient (Wildman–Crippen LogP) is -1.47. The molecule has 0 rings (SSSR count). The standard InChI is InChI=1S/6C3H7O.2La/c6*1-3(2)4;;/h6*3H,1-2H3;;/q6*-1;2*+3. The zero-order valence-electron chi connectivity index (χ0n) is 19.1. The molecule has 26 heavy (non-hydrogen) atoms. The second-order valence-electron chi connectivity index (χ2n) is 6.29. The Hall–Kier alpha value is 2.15. The minimum absolute atomic E-state index is 0. The van der Waals surface area contributed by atoms with Crippen molar-refractivity contribution in [1.29, 1.82) is 0 Å². The summed E-state index contributed by atoms with van der Waals surface area (Å²) in [4.78, 5) is 0. The van der Waals surface area contributed by atoms with E-state index < -0.39 is 36.6 Å². The van der Waals surface area contributed by atoms with E-state index in [0.29, 0.717) is 0 Å². The average molecular weight is 632 g/mol. The van der Waals surface area contributed by atoms with Gasteiger partial charge >= 0.3 is 71.2 Å². The second-order valence-corrected chi connectivity index (χ2v) is 6.29. The molecule has 0 amide bonds. The van der Waals surface area contributed by atoms with E-state index in [-0.39, 0.29) is 71.2 Å². The SMILES string of the molecule is CC(C)[O-].CC(C)[O-].CC(C)[O-].CC(C)[O-].CC(C)[O-].CC(C)[O-].[La+3].[La+3]. The number of hydrogen-bond donors (Lipinski definition) is 0. The summed E-state index contributed by atoms with van der Waals surface area (Å²) in [6, 6.07) is 0. The Morgan fingerprint density at radius 2 is 0.269 bits per heavy atom. The summed E-state index contributed by atoms with van der Waals surface area (Å²) in [5, 5.41) is 57.2. The van der Waals surface area contributed by atoms with E-state index in [1.54, 1.807) is 83.1 Å². The van der Waals surface area contributed by atoms with Crippen LogP contribution in [0.15, 0.2) is 0 Å². The molecule has 0 unspecified atom stereocenters. The van der Waals surface area contributed by atoms with Gasteiger partial charge in [0.15, 0.2) is 0 Å². The Labute approximate surface area is 219 Å². The van der Waals surface area contributed by atoms with E-state index in [4.69, 9.17) is 0 Å². The van der Waals surface area contributed by atoms with Gasteiger partial charge in [-0.2, -0.15) is 0 Å². The Kier molecular flexibility index (Phi) is 89.9. The summed E-state index contributed by atoms with van der Waals surface area (Å²) in [6.45, 7) is 19.3. The van der Waals surface area contributed by atoms with Crippen molar-refractivity contribution in [2.45, 2.75) is 120 Å². The molecule has 0 bridgehead atoms. The molecule has 0 atom stereocenters. The number of hydrogen-bond acceptors (Lipinski definition) is 6. The fourth-order valence-electron chi connectivity index (χ4n) is 0. The molecular weight excluding hydrogens is 590 g/mol. The molecule has 156 valence electrons. The molecule has 0 aromatic rings. The maximum absolute atomic E-state index is 9.53. The smallest absolute Gasteiger partial charge is 0.852 e. The van der Waals surface area contributed by atoms with Crippen molar-refractivity contribution in [3.05, 3.63) is 0 Å². The first kappa shape index (κ1) is 51.1. The molecule has 0 aliphatic carbocycles. The van der Waals surface area contributed by atoms with Gasteiger partial charge in [0.2, 0.25) is 0 Å². The Morgan fingerprint density at radius 3 is 0.269 bits per heavy atom. The van der Waals surface area contributed by atoms with Crippen LogP contribution in [0.5, 0.6) is 0 Å². The van der Waals surface area contributed by atoms with Crippen molar-refractivity contribution in [2.24, 2.45) is 0 Å². The van der Waals surface area contributed by atoms with Crippen LogP contribution in [0.1, 0.15) is 83.1 Å². The molecule has 0 aromatic heterocycles. The summed E-state index contributed by atoms with van der Waals surface area (Å²) < 4.78 is 0. The van der Waals surface area contributed by atoms with E-state index in [2.05, 4.69) is 0 Å². The first-order valence-corrected chi connectivity index (χ1v) is 8.34. The molecule has 0 aliphatic heterocycles. The third-order valence-electron chi connectivity index (χ3n) is 0. The summed E-state index contributed by atoms with van der Waals surface area (Å²) in [5.41, 5.74) is 0. The maximum Gasteiger partial charge on any atom is 3.00 e. The average Bonchev–Trinajstić information content (AvgIpc) is 2.08. The molecule has 0 N–H and O–H groups in total. The van der Waals surface area contributed by atoms with Gasteiger partial charge in [-0.3, -0.25) is 0 Å². The van der Waals surface area contributed by atoms with Gasteiger partial charge in [-0.05, 0) is 0 Å². The van der Waals surface area contributed by atoms with Crippen molar-refractivity contribution in [3.8, 4) is 0 Å². The van der Waals surface area contributed by atoms with Crippen LogP contribution in [0, 0.1) is 71.2 Å². The third-order valence-corrected chi connectivity index (χ3v) is 0. The zero-order valence-corrected chi connectivity index (χ0v) is 26.3. The van der Waals surface area contributed by atoms with Gasteiger partial charge in [0.05, 0.1) is 0 Å². The van der Waals surface area contributed by atoms with Crippen LogP contribution in [0.3, 0.4) is 0 Å². The van der Waals surface area contributed by atoms with Crippen LogP contribution < -0.4 is 30.6 Å². The summed E-state index contributed by atoms with van der Waals surface area (Å²) in [7, 11) is 0. The summed E-state index contributed by atoms with van der Waals surface area (Å²) in [6.07, 6.45) is -2.50. The fourth-order valence-corrected chi connectivity index (χ4v) is 0. The van der Waals surface area contributed by atoms with E-state index >= 15 is 0 Å². The van der Waals surface area contributed by atoms with Crippen molar-refractivity contribution >= 4 is 0 Å². The minimum Gasteiger partial charge on any atom is -0.852 e. The first-order chi connectivity index (χ1) is 10.4. The van der Waals surface area contributed by atoms with Crippen molar-refractivity contribution < 1.29 is 102 Å². The predicted molar refractivity (Wildman–Crippen MR) is 90.8 cm³/mol. The Balaban J connectivity index is -0.0000000245. The van der Waals surface area contributed by atoms with Gasteiger partial charge in [-0.25, -0.2) is 0 Å². The molecular formula is C18H42La2O6. The van der Waals surface area contributed by atoms with E-state index in [9.17, 15) is 30.6 Å². The normalized spacial score (nSPS) is 8.31. The van der Waals surface area contributed by atoms with Crippen LogP contribution in [-0.2, 0) is 0 Å². The van der Waals surface area contributed by atoms with Crippen molar-refractivity contribution in [2.75, 3.05) is 0 Å². The molecule has 8 heteroatoms. The first-order valence-electron chi connectivity index (χ1n) is 8.34. The maximum atomic E-state index is 9.53. The molecule has 0 heterocycles. The van der Waals surface area contributed by atoms with Crippen LogP contribution >= 0.6 is 0 Å². The summed E-state index contributed by atoms with van der Waals surface area (Å²) >= 11 is 0. The topological polar surface area (TPSA) is 138 Å². The molecule has 6 nitrogen and oxygen atoms in total. The third kappa shape index (κ3) is 3580. The number of rotatable bonds is 0.